The summed E-state index contributed by atoms with van der Waals surface area (Å²) in [4.78, 5) is 10.8. The molecule has 156 valence electrons. The fourth-order valence-corrected chi connectivity index (χ4v) is 2.98. The Balaban J connectivity index is 3.49. The third-order valence-corrected chi connectivity index (χ3v) is 4.75. The zero-order valence-corrected chi connectivity index (χ0v) is 16.6. The van der Waals surface area contributed by atoms with Gasteiger partial charge in [-0.3, -0.25) is 0 Å². The molecule has 26 heavy (non-hydrogen) atoms. The molecular formula is C20H41NO5. The fraction of sp³-hybridized carbons (Fsp3) is 0.950. The molecule has 0 rings (SSSR count). The van der Waals surface area contributed by atoms with Gasteiger partial charge in [-0.15, -0.1) is 0 Å². The van der Waals surface area contributed by atoms with E-state index in [1.54, 1.807) is 0 Å². The lowest BCUT2D eigenvalue weighted by Gasteiger charge is -2.23. The molecule has 3 unspecified atom stereocenters. The summed E-state index contributed by atoms with van der Waals surface area (Å²) in [6.07, 6.45) is 13.4. The maximum absolute atomic E-state index is 10.8. The van der Waals surface area contributed by atoms with Crippen molar-refractivity contribution in [1.29, 1.82) is 0 Å². The molecule has 0 heterocycles. The molecule has 0 aliphatic heterocycles. The van der Waals surface area contributed by atoms with E-state index in [9.17, 15) is 15.0 Å². The minimum absolute atomic E-state index is 0.212. The molecule has 0 aromatic carbocycles. The zero-order chi connectivity index (χ0) is 19.6. The van der Waals surface area contributed by atoms with E-state index in [2.05, 4.69) is 11.7 Å². The number of aliphatic hydroxyl groups is 3. The molecular weight excluding hydrogens is 334 g/mol. The molecule has 0 aromatic heterocycles. The van der Waals surface area contributed by atoms with Crippen LogP contribution in [0.1, 0.15) is 90.4 Å². The van der Waals surface area contributed by atoms with E-state index >= 15 is 0 Å². The molecule has 0 aliphatic carbocycles. The molecule has 0 radical (unpaired) electrons. The van der Waals surface area contributed by atoms with E-state index in [1.165, 1.54) is 57.8 Å². The van der Waals surface area contributed by atoms with Crippen molar-refractivity contribution in [1.82, 2.24) is 0 Å². The number of ether oxygens (including phenoxy) is 1. The van der Waals surface area contributed by atoms with Crippen LogP contribution in [0.25, 0.3) is 0 Å². The summed E-state index contributed by atoms with van der Waals surface area (Å²) in [5, 5.41) is 28.4. The van der Waals surface area contributed by atoms with Crippen LogP contribution in [0.2, 0.25) is 0 Å². The van der Waals surface area contributed by atoms with Crippen LogP contribution in [0, 0.1) is 0 Å². The van der Waals surface area contributed by atoms with Crippen LogP contribution in [-0.4, -0.2) is 52.8 Å². The molecule has 6 heteroatoms. The van der Waals surface area contributed by atoms with Crippen LogP contribution in [-0.2, 0) is 9.53 Å². The molecule has 0 saturated heterocycles. The van der Waals surface area contributed by atoms with Gasteiger partial charge in [-0.05, 0) is 6.42 Å². The topological polar surface area (TPSA) is 113 Å². The molecule has 3 atom stereocenters. The lowest BCUT2D eigenvalue weighted by atomic mass is 10.00. The van der Waals surface area contributed by atoms with Crippen molar-refractivity contribution in [3.05, 3.63) is 0 Å². The Kier molecular flexibility index (Phi) is 17.2. The standard InChI is InChI=1S/C20H41NO5/c1-2-3-4-5-6-7-8-9-10-11-12-13-14-18(23)20(25)17(21)16-26-19(24)15-22/h17-18,20,22-23,25H,2-16,21H2,1H3. The van der Waals surface area contributed by atoms with Crippen molar-refractivity contribution in [2.24, 2.45) is 5.73 Å². The van der Waals surface area contributed by atoms with Crippen LogP contribution in [0.5, 0.6) is 0 Å². The summed E-state index contributed by atoms with van der Waals surface area (Å²) in [5.74, 6) is -0.789. The summed E-state index contributed by atoms with van der Waals surface area (Å²) in [5.41, 5.74) is 5.69. The first-order chi connectivity index (χ1) is 12.5. The Bertz CT molecular complexity index is 327. The molecule has 0 saturated carbocycles. The van der Waals surface area contributed by atoms with E-state index in [0.29, 0.717) is 6.42 Å². The number of hydrogen-bond donors (Lipinski definition) is 4. The monoisotopic (exact) mass is 375 g/mol. The zero-order valence-electron chi connectivity index (χ0n) is 16.6. The smallest absolute Gasteiger partial charge is 0.331 e. The highest BCUT2D eigenvalue weighted by Gasteiger charge is 2.24. The second-order valence-electron chi connectivity index (χ2n) is 7.24. The van der Waals surface area contributed by atoms with Crippen LogP contribution < -0.4 is 5.73 Å². The fourth-order valence-electron chi connectivity index (χ4n) is 2.98. The summed E-state index contributed by atoms with van der Waals surface area (Å²) in [6, 6.07) is -0.849. The SMILES string of the molecule is CCCCCCCCCCCCCCC(O)C(O)C(N)COC(=O)CO. The maximum Gasteiger partial charge on any atom is 0.331 e. The first kappa shape index (κ1) is 25.3. The van der Waals surface area contributed by atoms with Gasteiger partial charge in [-0.2, -0.15) is 0 Å². The molecule has 0 aromatic rings. The van der Waals surface area contributed by atoms with Crippen molar-refractivity contribution in [2.45, 2.75) is 109 Å². The van der Waals surface area contributed by atoms with Crippen LogP contribution >= 0.6 is 0 Å². The average Bonchev–Trinajstić information content (AvgIpc) is 2.65. The highest BCUT2D eigenvalue weighted by molar-refractivity contribution is 5.70. The van der Waals surface area contributed by atoms with Gasteiger partial charge in [0.2, 0.25) is 0 Å². The van der Waals surface area contributed by atoms with Crippen LogP contribution in [0.15, 0.2) is 0 Å². The van der Waals surface area contributed by atoms with Gasteiger partial charge < -0.3 is 25.8 Å². The first-order valence-corrected chi connectivity index (χ1v) is 10.4. The van der Waals surface area contributed by atoms with Crippen molar-refractivity contribution >= 4 is 5.97 Å². The van der Waals surface area contributed by atoms with Gasteiger partial charge in [0, 0.05) is 0 Å². The quantitative estimate of drug-likeness (QED) is 0.216. The van der Waals surface area contributed by atoms with Gasteiger partial charge in [0.1, 0.15) is 13.2 Å². The van der Waals surface area contributed by atoms with E-state index in [-0.39, 0.29) is 6.61 Å². The highest BCUT2D eigenvalue weighted by atomic mass is 16.5. The van der Waals surface area contributed by atoms with Crippen molar-refractivity contribution in [3.8, 4) is 0 Å². The molecule has 0 fully saturated rings. The number of aliphatic hydroxyl groups excluding tert-OH is 3. The van der Waals surface area contributed by atoms with Crippen molar-refractivity contribution in [2.75, 3.05) is 13.2 Å². The second-order valence-corrected chi connectivity index (χ2v) is 7.24. The van der Waals surface area contributed by atoms with Crippen LogP contribution in [0.4, 0.5) is 0 Å². The maximum atomic E-state index is 10.8. The number of carbonyl (C=O) groups is 1. The number of nitrogens with two attached hydrogens (primary N) is 1. The van der Waals surface area contributed by atoms with Gasteiger partial charge >= 0.3 is 5.97 Å². The Morgan fingerprint density at radius 3 is 1.81 bits per heavy atom. The molecule has 0 spiro atoms. The van der Waals surface area contributed by atoms with Gasteiger partial charge in [-0.1, -0.05) is 84.0 Å². The van der Waals surface area contributed by atoms with Gasteiger partial charge in [0.25, 0.3) is 0 Å². The summed E-state index contributed by atoms with van der Waals surface area (Å²) < 4.78 is 4.66. The normalized spacial score (nSPS) is 14.8. The molecule has 0 amide bonds. The number of esters is 1. The molecule has 5 N–H and O–H groups in total. The van der Waals surface area contributed by atoms with Crippen molar-refractivity contribution in [3.63, 3.8) is 0 Å². The summed E-state index contributed by atoms with van der Waals surface area (Å²) >= 11 is 0. The molecule has 0 aliphatic rings. The van der Waals surface area contributed by atoms with E-state index in [0.717, 1.165) is 19.3 Å². The van der Waals surface area contributed by atoms with Crippen LogP contribution in [0.3, 0.4) is 0 Å². The highest BCUT2D eigenvalue weighted by Crippen LogP contribution is 2.14. The van der Waals surface area contributed by atoms with E-state index in [1.807, 2.05) is 0 Å². The van der Waals surface area contributed by atoms with Gasteiger partial charge in [0.15, 0.2) is 0 Å². The Morgan fingerprint density at radius 1 is 0.885 bits per heavy atom. The number of rotatable bonds is 18. The van der Waals surface area contributed by atoms with Gasteiger partial charge in [0.05, 0.1) is 18.2 Å². The number of unbranched alkanes of at least 4 members (excludes halogenated alkanes) is 11. The largest absolute Gasteiger partial charge is 0.462 e. The Hall–Kier alpha value is -0.690. The Morgan fingerprint density at radius 2 is 1.35 bits per heavy atom. The number of hydrogen-bond acceptors (Lipinski definition) is 6. The third-order valence-electron chi connectivity index (χ3n) is 4.75. The minimum Gasteiger partial charge on any atom is -0.462 e. The molecule has 6 nitrogen and oxygen atoms in total. The molecule has 0 bridgehead atoms. The minimum atomic E-state index is -1.13. The first-order valence-electron chi connectivity index (χ1n) is 10.4. The summed E-state index contributed by atoms with van der Waals surface area (Å²) in [7, 11) is 0. The Labute approximate surface area is 159 Å². The number of carbonyl (C=O) groups excluding carboxylic acids is 1. The lowest BCUT2D eigenvalue weighted by Crippen LogP contribution is -2.46. The third kappa shape index (κ3) is 14.5. The average molecular weight is 376 g/mol. The van der Waals surface area contributed by atoms with Gasteiger partial charge in [-0.25, -0.2) is 4.79 Å². The van der Waals surface area contributed by atoms with E-state index < -0.39 is 30.8 Å². The lowest BCUT2D eigenvalue weighted by molar-refractivity contribution is -0.148. The van der Waals surface area contributed by atoms with Crippen molar-refractivity contribution < 1.29 is 24.9 Å². The second kappa shape index (κ2) is 17.7. The van der Waals surface area contributed by atoms with E-state index in [4.69, 9.17) is 10.8 Å². The predicted octanol–water partition coefficient (Wildman–Crippen LogP) is 2.66. The predicted molar refractivity (Wildman–Crippen MR) is 104 cm³/mol. The summed E-state index contributed by atoms with van der Waals surface area (Å²) in [6.45, 7) is 1.31.